The number of benzene rings is 2. The van der Waals surface area contributed by atoms with Crippen molar-refractivity contribution < 1.29 is 4.39 Å². The monoisotopic (exact) mass is 319 g/mol. The molecule has 0 amide bonds. The summed E-state index contributed by atoms with van der Waals surface area (Å²) in [6.45, 7) is 2.01. The maximum absolute atomic E-state index is 13.1. The molecule has 24 heavy (non-hydrogen) atoms. The normalized spacial score (nSPS) is 11.1. The minimum Gasteiger partial charge on any atom is -0.300 e. The minimum atomic E-state index is -0.337. The van der Waals surface area contributed by atoms with E-state index < -0.39 is 0 Å². The van der Waals surface area contributed by atoms with Gasteiger partial charge in [0.15, 0.2) is 0 Å². The number of rotatable bonds is 2. The molecule has 0 fully saturated rings. The van der Waals surface area contributed by atoms with Gasteiger partial charge in [-0.3, -0.25) is 9.36 Å². The molecule has 0 saturated carbocycles. The lowest BCUT2D eigenvalue weighted by Crippen LogP contribution is -2.19. The van der Waals surface area contributed by atoms with Gasteiger partial charge in [0.25, 0.3) is 5.56 Å². The third kappa shape index (κ3) is 2.31. The Kier molecular flexibility index (Phi) is 3.27. The van der Waals surface area contributed by atoms with E-state index in [1.807, 2.05) is 37.4 Å². The van der Waals surface area contributed by atoms with Gasteiger partial charge in [0.2, 0.25) is 5.65 Å². The molecule has 0 aliphatic rings. The van der Waals surface area contributed by atoms with Gasteiger partial charge < -0.3 is 4.40 Å². The molecule has 0 aliphatic carbocycles. The summed E-state index contributed by atoms with van der Waals surface area (Å²) < 4.78 is 16.3. The number of fused-ring (bicyclic) bond motifs is 1. The average Bonchev–Trinajstić information content (AvgIpc) is 3.02. The summed E-state index contributed by atoms with van der Waals surface area (Å²) in [6, 6.07) is 13.7. The lowest BCUT2D eigenvalue weighted by Gasteiger charge is -2.05. The van der Waals surface area contributed by atoms with Gasteiger partial charge in [-0.05, 0) is 36.8 Å². The van der Waals surface area contributed by atoms with Gasteiger partial charge >= 0.3 is 0 Å². The predicted octanol–water partition coefficient (Wildman–Crippen LogP) is 3.60. The third-order valence-corrected chi connectivity index (χ3v) is 4.04. The first-order valence-electron chi connectivity index (χ1n) is 7.56. The number of aryl methyl sites for hydroxylation is 1. The van der Waals surface area contributed by atoms with Crippen LogP contribution in [-0.2, 0) is 0 Å². The molecule has 4 rings (SSSR count). The van der Waals surface area contributed by atoms with Crippen LogP contribution in [0.1, 0.15) is 5.56 Å². The molecule has 0 atom stereocenters. The molecule has 4 nitrogen and oxygen atoms in total. The fraction of sp³-hybridized carbons (Fsp3) is 0.0526. The largest absolute Gasteiger partial charge is 0.300 e. The van der Waals surface area contributed by atoms with Crippen LogP contribution in [0.25, 0.3) is 22.6 Å². The number of imidazole rings is 1. The summed E-state index contributed by atoms with van der Waals surface area (Å²) in [5.41, 5.74) is 3.53. The van der Waals surface area contributed by atoms with E-state index in [0.29, 0.717) is 11.3 Å². The second-order valence-corrected chi connectivity index (χ2v) is 5.62. The van der Waals surface area contributed by atoms with Crippen molar-refractivity contribution in [3.63, 3.8) is 0 Å². The van der Waals surface area contributed by atoms with E-state index in [1.54, 1.807) is 28.9 Å². The van der Waals surface area contributed by atoms with Crippen molar-refractivity contribution in [2.45, 2.75) is 6.92 Å². The van der Waals surface area contributed by atoms with Crippen LogP contribution in [0.15, 0.2) is 71.9 Å². The molecular weight excluding hydrogens is 305 g/mol. The molecule has 0 saturated heterocycles. The van der Waals surface area contributed by atoms with Crippen molar-refractivity contribution in [1.82, 2.24) is 14.0 Å². The molecule has 2 aromatic heterocycles. The van der Waals surface area contributed by atoms with Crippen LogP contribution in [0, 0.1) is 12.7 Å². The van der Waals surface area contributed by atoms with E-state index in [1.165, 1.54) is 16.7 Å². The molecule has 5 heteroatoms. The van der Waals surface area contributed by atoms with Gasteiger partial charge in [0.1, 0.15) is 5.82 Å². The Hall–Kier alpha value is -3.21. The summed E-state index contributed by atoms with van der Waals surface area (Å²) in [4.78, 5) is 17.2. The van der Waals surface area contributed by atoms with E-state index in [-0.39, 0.29) is 11.4 Å². The Morgan fingerprint density at radius 2 is 1.75 bits per heavy atom. The zero-order valence-electron chi connectivity index (χ0n) is 13.0. The van der Waals surface area contributed by atoms with Gasteiger partial charge in [-0.1, -0.05) is 24.3 Å². The Labute approximate surface area is 137 Å². The van der Waals surface area contributed by atoms with E-state index in [9.17, 15) is 9.18 Å². The Bertz CT molecular complexity index is 1090. The van der Waals surface area contributed by atoms with Gasteiger partial charge in [-0.15, -0.1) is 0 Å². The second kappa shape index (κ2) is 5.45. The zero-order valence-corrected chi connectivity index (χ0v) is 13.0. The van der Waals surface area contributed by atoms with Crippen molar-refractivity contribution in [2.24, 2.45) is 0 Å². The van der Waals surface area contributed by atoms with Crippen LogP contribution in [0.3, 0.4) is 0 Å². The summed E-state index contributed by atoms with van der Waals surface area (Å²) in [6.07, 6.45) is 5.27. The van der Waals surface area contributed by atoms with E-state index >= 15 is 0 Å². The summed E-state index contributed by atoms with van der Waals surface area (Å²) in [5, 5.41) is 0. The highest BCUT2D eigenvalue weighted by Crippen LogP contribution is 2.21. The fourth-order valence-electron chi connectivity index (χ4n) is 2.77. The number of halogens is 1. The molecule has 2 heterocycles. The standard InChI is InChI=1S/C19H14FN3O/c1-13-4-2-3-5-16(13)17-12-22-10-11-23(19(24)18(22)21-17)15-8-6-14(20)7-9-15/h2-12H,1H3. The molecular formula is C19H14FN3O. The first-order valence-corrected chi connectivity index (χ1v) is 7.56. The van der Waals surface area contributed by atoms with Gasteiger partial charge in [0.05, 0.1) is 5.69 Å². The molecule has 2 aromatic carbocycles. The SMILES string of the molecule is Cc1ccccc1-c1cn2ccn(-c3ccc(F)cc3)c(=O)c2n1. The topological polar surface area (TPSA) is 39.3 Å². The van der Waals surface area contributed by atoms with Crippen LogP contribution in [-0.4, -0.2) is 14.0 Å². The van der Waals surface area contributed by atoms with Crippen molar-refractivity contribution >= 4 is 5.65 Å². The van der Waals surface area contributed by atoms with E-state index in [2.05, 4.69) is 4.98 Å². The Morgan fingerprint density at radius 3 is 2.50 bits per heavy atom. The highest BCUT2D eigenvalue weighted by Gasteiger charge is 2.11. The first-order chi connectivity index (χ1) is 11.6. The minimum absolute atomic E-state index is 0.246. The Morgan fingerprint density at radius 1 is 1.00 bits per heavy atom. The molecule has 0 radical (unpaired) electrons. The van der Waals surface area contributed by atoms with Crippen molar-refractivity contribution in [3.05, 3.63) is 88.9 Å². The first kappa shape index (κ1) is 14.4. The molecule has 4 aromatic rings. The summed E-state index contributed by atoms with van der Waals surface area (Å²) >= 11 is 0. The number of hydrogen-bond acceptors (Lipinski definition) is 2. The summed E-state index contributed by atoms with van der Waals surface area (Å²) in [5.74, 6) is -0.337. The second-order valence-electron chi connectivity index (χ2n) is 5.62. The van der Waals surface area contributed by atoms with Crippen LogP contribution in [0.5, 0.6) is 0 Å². The fourth-order valence-corrected chi connectivity index (χ4v) is 2.77. The maximum atomic E-state index is 13.1. The average molecular weight is 319 g/mol. The lowest BCUT2D eigenvalue weighted by molar-refractivity contribution is 0.627. The molecule has 0 unspecified atom stereocenters. The van der Waals surface area contributed by atoms with Crippen LogP contribution < -0.4 is 5.56 Å². The maximum Gasteiger partial charge on any atom is 0.298 e. The quantitative estimate of drug-likeness (QED) is 0.566. The number of aromatic nitrogens is 3. The molecule has 118 valence electrons. The molecule has 0 N–H and O–H groups in total. The number of hydrogen-bond donors (Lipinski definition) is 0. The number of nitrogens with zero attached hydrogens (tertiary/aromatic N) is 3. The third-order valence-electron chi connectivity index (χ3n) is 4.04. The van der Waals surface area contributed by atoms with E-state index in [0.717, 1.165) is 16.8 Å². The highest BCUT2D eigenvalue weighted by molar-refractivity contribution is 5.65. The zero-order chi connectivity index (χ0) is 16.7. The smallest absolute Gasteiger partial charge is 0.298 e. The molecule has 0 aliphatic heterocycles. The van der Waals surface area contributed by atoms with Crippen LogP contribution >= 0.6 is 0 Å². The van der Waals surface area contributed by atoms with Crippen molar-refractivity contribution in [3.8, 4) is 16.9 Å². The Balaban J connectivity index is 1.90. The van der Waals surface area contributed by atoms with E-state index in [4.69, 9.17) is 0 Å². The predicted molar refractivity (Wildman–Crippen MR) is 90.9 cm³/mol. The van der Waals surface area contributed by atoms with Gasteiger partial charge in [0, 0.05) is 29.8 Å². The molecule has 0 bridgehead atoms. The van der Waals surface area contributed by atoms with Crippen LogP contribution in [0.4, 0.5) is 4.39 Å². The highest BCUT2D eigenvalue weighted by atomic mass is 19.1. The van der Waals surface area contributed by atoms with Crippen LogP contribution in [0.2, 0.25) is 0 Å². The summed E-state index contributed by atoms with van der Waals surface area (Å²) in [7, 11) is 0. The van der Waals surface area contributed by atoms with Crippen molar-refractivity contribution in [1.29, 1.82) is 0 Å². The van der Waals surface area contributed by atoms with Gasteiger partial charge in [-0.2, -0.15) is 0 Å². The van der Waals surface area contributed by atoms with Crippen molar-refractivity contribution in [2.75, 3.05) is 0 Å². The lowest BCUT2D eigenvalue weighted by atomic mass is 10.1. The molecule has 0 spiro atoms. The van der Waals surface area contributed by atoms with Gasteiger partial charge in [-0.25, -0.2) is 9.37 Å².